The van der Waals surface area contributed by atoms with Crippen LogP contribution in [0, 0.1) is 5.92 Å². The topological polar surface area (TPSA) is 49.8 Å². The molecule has 0 aromatic heterocycles. The maximum atomic E-state index is 11.2. The molecule has 0 bridgehead atoms. The average Bonchev–Trinajstić information content (AvgIpc) is 2.35. The zero-order chi connectivity index (χ0) is 13.4. The fraction of sp³-hybridized carbons (Fsp3) is 0.929. The van der Waals surface area contributed by atoms with E-state index in [0.29, 0.717) is 18.9 Å². The number of hydrogen-bond donors (Lipinski definition) is 1. The number of ether oxygens (including phenoxy) is 1. The molecule has 1 heterocycles. The second-order valence-corrected chi connectivity index (χ2v) is 5.27. The van der Waals surface area contributed by atoms with Gasteiger partial charge in [-0.1, -0.05) is 13.3 Å². The standard InChI is InChI=1S/C14H27NO3/c1-3-4-9-18-11-14(17)10-15-7-5-13(6-8-15)12(2)16/h13-14,17H,3-11H2,1-2H3. The number of unbranched alkanes of at least 4 members (excludes halogenated alkanes) is 1. The zero-order valence-corrected chi connectivity index (χ0v) is 11.7. The van der Waals surface area contributed by atoms with Crippen molar-refractivity contribution >= 4 is 5.78 Å². The molecule has 0 amide bonds. The minimum Gasteiger partial charge on any atom is -0.389 e. The van der Waals surface area contributed by atoms with Crippen LogP contribution >= 0.6 is 0 Å². The molecule has 1 aliphatic rings. The van der Waals surface area contributed by atoms with Crippen molar-refractivity contribution in [1.29, 1.82) is 0 Å². The van der Waals surface area contributed by atoms with Crippen LogP contribution in [-0.4, -0.2) is 54.7 Å². The van der Waals surface area contributed by atoms with Crippen molar-refractivity contribution in [3.05, 3.63) is 0 Å². The maximum absolute atomic E-state index is 11.2. The molecule has 0 aromatic carbocycles. The molecule has 1 atom stereocenters. The van der Waals surface area contributed by atoms with Gasteiger partial charge < -0.3 is 14.7 Å². The van der Waals surface area contributed by atoms with E-state index in [-0.39, 0.29) is 5.92 Å². The van der Waals surface area contributed by atoms with Crippen molar-refractivity contribution in [2.75, 3.05) is 32.8 Å². The number of aliphatic hydroxyl groups is 1. The predicted molar refractivity (Wildman–Crippen MR) is 71.6 cm³/mol. The van der Waals surface area contributed by atoms with E-state index in [1.54, 1.807) is 6.92 Å². The number of piperidine rings is 1. The number of rotatable bonds is 8. The molecule has 0 aliphatic carbocycles. The molecular formula is C14H27NO3. The molecule has 0 aromatic rings. The Hall–Kier alpha value is -0.450. The first-order valence-electron chi connectivity index (χ1n) is 7.12. The molecule has 1 unspecified atom stereocenters. The van der Waals surface area contributed by atoms with E-state index in [1.807, 2.05) is 0 Å². The Morgan fingerprint density at radius 1 is 1.44 bits per heavy atom. The first-order chi connectivity index (χ1) is 8.63. The molecule has 0 saturated carbocycles. The zero-order valence-electron chi connectivity index (χ0n) is 11.7. The van der Waals surface area contributed by atoms with E-state index < -0.39 is 6.10 Å². The predicted octanol–water partition coefficient (Wildman–Crippen LogP) is 1.46. The highest BCUT2D eigenvalue weighted by Gasteiger charge is 2.23. The van der Waals surface area contributed by atoms with Crippen LogP contribution in [-0.2, 0) is 9.53 Å². The van der Waals surface area contributed by atoms with Gasteiger partial charge in [0.15, 0.2) is 0 Å². The minimum atomic E-state index is -0.407. The summed E-state index contributed by atoms with van der Waals surface area (Å²) in [6.07, 6.45) is 3.62. The van der Waals surface area contributed by atoms with Crippen molar-refractivity contribution in [2.45, 2.75) is 45.6 Å². The van der Waals surface area contributed by atoms with Crippen LogP contribution in [0.3, 0.4) is 0 Å². The summed E-state index contributed by atoms with van der Waals surface area (Å²) in [5.74, 6) is 0.539. The molecule has 1 aliphatic heterocycles. The number of carbonyl (C=O) groups is 1. The van der Waals surface area contributed by atoms with E-state index >= 15 is 0 Å². The van der Waals surface area contributed by atoms with Crippen LogP contribution in [0.4, 0.5) is 0 Å². The number of Topliss-reactive ketones (excluding diaryl/α,β-unsaturated/α-hetero) is 1. The Morgan fingerprint density at radius 3 is 2.67 bits per heavy atom. The number of likely N-dealkylation sites (tertiary alicyclic amines) is 1. The Labute approximate surface area is 110 Å². The van der Waals surface area contributed by atoms with Crippen LogP contribution < -0.4 is 0 Å². The SMILES string of the molecule is CCCCOCC(O)CN1CCC(C(C)=O)CC1. The molecule has 1 N–H and O–H groups in total. The highest BCUT2D eigenvalue weighted by Crippen LogP contribution is 2.17. The summed E-state index contributed by atoms with van der Waals surface area (Å²) < 4.78 is 5.41. The lowest BCUT2D eigenvalue weighted by atomic mass is 9.93. The summed E-state index contributed by atoms with van der Waals surface area (Å²) >= 11 is 0. The lowest BCUT2D eigenvalue weighted by Crippen LogP contribution is -2.41. The molecule has 1 saturated heterocycles. The highest BCUT2D eigenvalue weighted by atomic mass is 16.5. The normalized spacial score (nSPS) is 19.9. The van der Waals surface area contributed by atoms with Crippen molar-refractivity contribution < 1.29 is 14.6 Å². The van der Waals surface area contributed by atoms with Gasteiger partial charge in [-0.15, -0.1) is 0 Å². The molecule has 0 radical (unpaired) electrons. The summed E-state index contributed by atoms with van der Waals surface area (Å²) in [4.78, 5) is 13.5. The van der Waals surface area contributed by atoms with E-state index in [9.17, 15) is 9.90 Å². The van der Waals surface area contributed by atoms with E-state index in [4.69, 9.17) is 4.74 Å². The largest absolute Gasteiger partial charge is 0.389 e. The molecule has 1 rings (SSSR count). The second kappa shape index (κ2) is 8.62. The van der Waals surface area contributed by atoms with Crippen molar-refractivity contribution in [3.8, 4) is 0 Å². The van der Waals surface area contributed by atoms with E-state index in [0.717, 1.165) is 45.4 Å². The fourth-order valence-corrected chi connectivity index (χ4v) is 2.34. The van der Waals surface area contributed by atoms with Crippen LogP contribution in [0.15, 0.2) is 0 Å². The minimum absolute atomic E-state index is 0.235. The molecule has 0 spiro atoms. The van der Waals surface area contributed by atoms with E-state index in [2.05, 4.69) is 11.8 Å². The Kier molecular flexibility index (Phi) is 7.47. The first-order valence-corrected chi connectivity index (χ1v) is 7.12. The number of β-amino-alcohol motifs (C(OH)–C–C–N with tert-alkyl or cyclic N) is 1. The number of ketones is 1. The van der Waals surface area contributed by atoms with Gasteiger partial charge in [-0.25, -0.2) is 0 Å². The van der Waals surface area contributed by atoms with Gasteiger partial charge in [0, 0.05) is 19.1 Å². The Morgan fingerprint density at radius 2 is 2.11 bits per heavy atom. The third-order valence-electron chi connectivity index (χ3n) is 3.58. The van der Waals surface area contributed by atoms with Gasteiger partial charge in [0.25, 0.3) is 0 Å². The van der Waals surface area contributed by atoms with E-state index in [1.165, 1.54) is 0 Å². The third-order valence-corrected chi connectivity index (χ3v) is 3.58. The monoisotopic (exact) mass is 257 g/mol. The quantitative estimate of drug-likeness (QED) is 0.669. The fourth-order valence-electron chi connectivity index (χ4n) is 2.34. The van der Waals surface area contributed by atoms with Crippen molar-refractivity contribution in [1.82, 2.24) is 4.90 Å². The summed E-state index contributed by atoms with van der Waals surface area (Å²) in [7, 11) is 0. The lowest BCUT2D eigenvalue weighted by molar-refractivity contribution is -0.122. The number of hydrogen-bond acceptors (Lipinski definition) is 4. The van der Waals surface area contributed by atoms with Gasteiger partial charge in [-0.2, -0.15) is 0 Å². The highest BCUT2D eigenvalue weighted by molar-refractivity contribution is 5.78. The smallest absolute Gasteiger partial charge is 0.133 e. The summed E-state index contributed by atoms with van der Waals surface area (Å²) in [6, 6.07) is 0. The Bertz CT molecular complexity index is 237. The van der Waals surface area contributed by atoms with Crippen LogP contribution in [0.25, 0.3) is 0 Å². The van der Waals surface area contributed by atoms with Gasteiger partial charge in [0.1, 0.15) is 5.78 Å². The third kappa shape index (κ3) is 5.94. The molecule has 18 heavy (non-hydrogen) atoms. The van der Waals surface area contributed by atoms with Gasteiger partial charge >= 0.3 is 0 Å². The Balaban J connectivity index is 2.10. The summed E-state index contributed by atoms with van der Waals surface area (Å²) in [5, 5.41) is 9.84. The molecule has 106 valence electrons. The van der Waals surface area contributed by atoms with Crippen molar-refractivity contribution in [2.24, 2.45) is 5.92 Å². The molecule has 4 heteroatoms. The lowest BCUT2D eigenvalue weighted by Gasteiger charge is -2.32. The average molecular weight is 257 g/mol. The van der Waals surface area contributed by atoms with Crippen LogP contribution in [0.2, 0.25) is 0 Å². The van der Waals surface area contributed by atoms with Crippen molar-refractivity contribution in [3.63, 3.8) is 0 Å². The van der Waals surface area contributed by atoms with Gasteiger partial charge in [0.05, 0.1) is 12.7 Å². The number of aliphatic hydroxyl groups excluding tert-OH is 1. The van der Waals surface area contributed by atoms with Crippen LogP contribution in [0.1, 0.15) is 39.5 Å². The molecule has 4 nitrogen and oxygen atoms in total. The van der Waals surface area contributed by atoms with Gasteiger partial charge in [-0.05, 0) is 39.3 Å². The summed E-state index contributed by atoms with van der Waals surface area (Å²) in [5.41, 5.74) is 0. The maximum Gasteiger partial charge on any atom is 0.133 e. The van der Waals surface area contributed by atoms with Gasteiger partial charge in [-0.3, -0.25) is 4.79 Å². The van der Waals surface area contributed by atoms with Crippen LogP contribution in [0.5, 0.6) is 0 Å². The number of carbonyl (C=O) groups excluding carboxylic acids is 1. The molecule has 1 fully saturated rings. The summed E-state index contributed by atoms with van der Waals surface area (Å²) in [6.45, 7) is 7.45. The molecular weight excluding hydrogens is 230 g/mol. The second-order valence-electron chi connectivity index (χ2n) is 5.27. The number of nitrogens with zero attached hydrogens (tertiary/aromatic N) is 1. The first kappa shape index (κ1) is 15.6. The van der Waals surface area contributed by atoms with Gasteiger partial charge in [0.2, 0.25) is 0 Å².